The summed E-state index contributed by atoms with van der Waals surface area (Å²) in [6, 6.07) is 13.2. The van der Waals surface area contributed by atoms with Crippen LogP contribution in [0.3, 0.4) is 0 Å². The van der Waals surface area contributed by atoms with Crippen LogP contribution in [0.2, 0.25) is 5.02 Å². The van der Waals surface area contributed by atoms with Gasteiger partial charge in [-0.1, -0.05) is 35.9 Å². The first kappa shape index (κ1) is 15.8. The Hall–Kier alpha value is -2.13. The monoisotopic (exact) mass is 328 g/mol. The van der Waals surface area contributed by atoms with Crippen LogP contribution in [0, 0.1) is 6.92 Å². The Morgan fingerprint density at radius 3 is 2.70 bits per heavy atom. The zero-order valence-electron chi connectivity index (χ0n) is 12.8. The molecule has 0 heterocycles. The van der Waals surface area contributed by atoms with Gasteiger partial charge in [0, 0.05) is 11.4 Å². The van der Waals surface area contributed by atoms with Crippen molar-refractivity contribution in [2.24, 2.45) is 0 Å². The fraction of sp³-hybridized carbons (Fsp3) is 0.263. The van der Waals surface area contributed by atoms with Crippen LogP contribution in [0.4, 0.5) is 0 Å². The van der Waals surface area contributed by atoms with Gasteiger partial charge in [0.15, 0.2) is 0 Å². The lowest BCUT2D eigenvalue weighted by Gasteiger charge is -2.12. The summed E-state index contributed by atoms with van der Waals surface area (Å²) in [5.74, 6) is 0.534. The zero-order valence-corrected chi connectivity index (χ0v) is 13.6. The summed E-state index contributed by atoms with van der Waals surface area (Å²) >= 11 is 5.94. The van der Waals surface area contributed by atoms with Gasteiger partial charge in [-0.25, -0.2) is 0 Å². The van der Waals surface area contributed by atoms with Crippen LogP contribution >= 0.6 is 11.6 Å². The van der Waals surface area contributed by atoms with Crippen molar-refractivity contribution in [3.63, 3.8) is 0 Å². The predicted octanol–water partition coefficient (Wildman–Crippen LogP) is 4.24. The fourth-order valence-corrected chi connectivity index (χ4v) is 3.10. The highest BCUT2D eigenvalue weighted by Gasteiger charge is 2.31. The van der Waals surface area contributed by atoms with E-state index in [1.54, 1.807) is 6.07 Å². The summed E-state index contributed by atoms with van der Waals surface area (Å²) in [6.07, 6.45) is 0.384. The Balaban J connectivity index is 1.73. The van der Waals surface area contributed by atoms with Crippen LogP contribution in [0.1, 0.15) is 35.4 Å². The summed E-state index contributed by atoms with van der Waals surface area (Å²) in [6.45, 7) is 2.35. The van der Waals surface area contributed by atoms with E-state index in [4.69, 9.17) is 16.3 Å². The molecule has 23 heavy (non-hydrogen) atoms. The average molecular weight is 329 g/mol. The van der Waals surface area contributed by atoms with E-state index in [9.17, 15) is 9.59 Å². The molecule has 3 rings (SSSR count). The van der Waals surface area contributed by atoms with Gasteiger partial charge in [-0.05, 0) is 41.8 Å². The SMILES string of the molecule is Cc1cc(Cl)ccc1OCc1cccc(C2CC(=O)CC2=O)c1. The molecule has 0 bridgehead atoms. The lowest BCUT2D eigenvalue weighted by atomic mass is 9.95. The Morgan fingerprint density at radius 2 is 2.00 bits per heavy atom. The molecule has 0 spiro atoms. The second kappa shape index (κ2) is 6.55. The van der Waals surface area contributed by atoms with Crippen LogP contribution in [-0.2, 0) is 16.2 Å². The van der Waals surface area contributed by atoms with Gasteiger partial charge in [0.25, 0.3) is 0 Å². The third-order valence-corrected chi connectivity index (χ3v) is 4.31. The normalized spacial score (nSPS) is 17.6. The summed E-state index contributed by atoms with van der Waals surface area (Å²) in [5.41, 5.74) is 2.85. The van der Waals surface area contributed by atoms with Crippen LogP contribution in [0.25, 0.3) is 0 Å². The molecule has 1 atom stereocenters. The van der Waals surface area contributed by atoms with E-state index in [1.807, 2.05) is 43.3 Å². The molecule has 0 amide bonds. The first-order valence-corrected chi connectivity index (χ1v) is 7.93. The summed E-state index contributed by atoms with van der Waals surface area (Å²) in [4.78, 5) is 23.3. The van der Waals surface area contributed by atoms with Gasteiger partial charge in [-0.15, -0.1) is 0 Å². The van der Waals surface area contributed by atoms with E-state index >= 15 is 0 Å². The van der Waals surface area contributed by atoms with Crippen molar-refractivity contribution in [3.05, 3.63) is 64.2 Å². The van der Waals surface area contributed by atoms with Crippen molar-refractivity contribution >= 4 is 23.2 Å². The van der Waals surface area contributed by atoms with E-state index in [1.165, 1.54) is 0 Å². The number of rotatable bonds is 4. The summed E-state index contributed by atoms with van der Waals surface area (Å²) in [7, 11) is 0. The van der Waals surface area contributed by atoms with Crippen molar-refractivity contribution in [2.45, 2.75) is 32.3 Å². The molecule has 0 aliphatic heterocycles. The van der Waals surface area contributed by atoms with Gasteiger partial charge < -0.3 is 4.74 Å². The number of carbonyl (C=O) groups is 2. The molecule has 1 aliphatic rings. The van der Waals surface area contributed by atoms with Gasteiger partial charge >= 0.3 is 0 Å². The second-order valence-corrected chi connectivity index (χ2v) is 6.32. The molecule has 3 nitrogen and oxygen atoms in total. The summed E-state index contributed by atoms with van der Waals surface area (Å²) in [5, 5.41) is 0.682. The topological polar surface area (TPSA) is 43.4 Å². The molecule has 4 heteroatoms. The Kier molecular flexibility index (Phi) is 4.49. The van der Waals surface area contributed by atoms with Crippen molar-refractivity contribution in [1.29, 1.82) is 0 Å². The number of hydrogen-bond acceptors (Lipinski definition) is 3. The van der Waals surface area contributed by atoms with Crippen LogP contribution < -0.4 is 4.74 Å². The number of Topliss-reactive ketones (excluding diaryl/α,β-unsaturated/α-hetero) is 2. The van der Waals surface area contributed by atoms with Crippen molar-refractivity contribution in [1.82, 2.24) is 0 Å². The molecule has 2 aromatic rings. The largest absolute Gasteiger partial charge is 0.489 e. The fourth-order valence-electron chi connectivity index (χ4n) is 2.87. The molecule has 2 aromatic carbocycles. The third kappa shape index (κ3) is 3.62. The minimum Gasteiger partial charge on any atom is -0.489 e. The molecule has 0 N–H and O–H groups in total. The number of carbonyl (C=O) groups excluding carboxylic acids is 2. The number of ether oxygens (including phenoxy) is 1. The summed E-state index contributed by atoms with van der Waals surface area (Å²) < 4.78 is 5.83. The predicted molar refractivity (Wildman–Crippen MR) is 89.0 cm³/mol. The average Bonchev–Trinajstić information content (AvgIpc) is 2.85. The van der Waals surface area contributed by atoms with E-state index in [-0.39, 0.29) is 23.9 Å². The Bertz CT molecular complexity index is 767. The highest BCUT2D eigenvalue weighted by atomic mass is 35.5. The third-order valence-electron chi connectivity index (χ3n) is 4.08. The maximum atomic E-state index is 11.9. The minimum absolute atomic E-state index is 0.0154. The van der Waals surface area contributed by atoms with Gasteiger partial charge in [-0.3, -0.25) is 9.59 Å². The molecule has 0 saturated heterocycles. The van der Waals surface area contributed by atoms with E-state index < -0.39 is 0 Å². The first-order chi connectivity index (χ1) is 11.0. The smallest absolute Gasteiger partial charge is 0.148 e. The molecule has 118 valence electrons. The number of hydrogen-bond donors (Lipinski definition) is 0. The van der Waals surface area contributed by atoms with Crippen molar-refractivity contribution in [2.75, 3.05) is 0 Å². The van der Waals surface area contributed by atoms with Crippen molar-refractivity contribution < 1.29 is 14.3 Å². The van der Waals surface area contributed by atoms with Crippen LogP contribution in [-0.4, -0.2) is 11.6 Å². The van der Waals surface area contributed by atoms with Crippen LogP contribution in [0.5, 0.6) is 5.75 Å². The van der Waals surface area contributed by atoms with Gasteiger partial charge in [0.05, 0.1) is 12.3 Å². The molecule has 1 saturated carbocycles. The molecule has 0 aromatic heterocycles. The number of ketones is 2. The second-order valence-electron chi connectivity index (χ2n) is 5.88. The maximum absolute atomic E-state index is 11.9. The first-order valence-electron chi connectivity index (χ1n) is 7.55. The maximum Gasteiger partial charge on any atom is 0.148 e. The lowest BCUT2D eigenvalue weighted by molar-refractivity contribution is -0.121. The van der Waals surface area contributed by atoms with E-state index in [0.29, 0.717) is 18.1 Å². The molecule has 1 unspecified atom stereocenters. The van der Waals surface area contributed by atoms with Crippen molar-refractivity contribution in [3.8, 4) is 5.75 Å². The molecule has 1 aliphatic carbocycles. The highest BCUT2D eigenvalue weighted by molar-refractivity contribution is 6.30. The standard InChI is InChI=1S/C19H17ClO3/c1-12-7-15(20)5-6-19(12)23-11-13-3-2-4-14(8-13)17-9-16(21)10-18(17)22/h2-8,17H,9-11H2,1H3. The minimum atomic E-state index is -0.292. The van der Waals surface area contributed by atoms with Gasteiger partial charge in [0.2, 0.25) is 0 Å². The van der Waals surface area contributed by atoms with E-state index in [0.717, 1.165) is 22.4 Å². The quantitative estimate of drug-likeness (QED) is 0.788. The lowest BCUT2D eigenvalue weighted by Crippen LogP contribution is -2.05. The van der Waals surface area contributed by atoms with Gasteiger partial charge in [0.1, 0.15) is 23.9 Å². The molecule has 0 radical (unpaired) electrons. The highest BCUT2D eigenvalue weighted by Crippen LogP contribution is 2.30. The molecular formula is C19H17ClO3. The Labute approximate surface area is 140 Å². The Morgan fingerprint density at radius 1 is 1.17 bits per heavy atom. The number of aryl methyl sites for hydroxylation is 1. The zero-order chi connectivity index (χ0) is 16.4. The van der Waals surface area contributed by atoms with E-state index in [2.05, 4.69) is 0 Å². The molecular weight excluding hydrogens is 312 g/mol. The molecule has 1 fully saturated rings. The van der Waals surface area contributed by atoms with Crippen LogP contribution in [0.15, 0.2) is 42.5 Å². The number of halogens is 1. The van der Waals surface area contributed by atoms with Gasteiger partial charge in [-0.2, -0.15) is 0 Å². The number of benzene rings is 2.